The molecule has 2 atom stereocenters. The molecule has 19 heavy (non-hydrogen) atoms. The summed E-state index contributed by atoms with van der Waals surface area (Å²) in [6.45, 7) is 6.57. The Kier molecular flexibility index (Phi) is 4.80. The van der Waals surface area contributed by atoms with Crippen LogP contribution in [0.1, 0.15) is 32.6 Å². The van der Waals surface area contributed by atoms with Crippen molar-refractivity contribution in [1.29, 1.82) is 0 Å². The average Bonchev–Trinajstić information content (AvgIpc) is 2.84. The van der Waals surface area contributed by atoms with E-state index in [-0.39, 0.29) is 11.8 Å². The monoisotopic (exact) mass is 268 g/mol. The number of nitrogens with zero attached hydrogens (tertiary/aromatic N) is 2. The zero-order chi connectivity index (χ0) is 13.8. The minimum atomic E-state index is -0.773. The first-order valence-corrected chi connectivity index (χ1v) is 7.29. The van der Waals surface area contributed by atoms with Gasteiger partial charge in [0, 0.05) is 26.1 Å². The lowest BCUT2D eigenvalue weighted by Gasteiger charge is -2.33. The summed E-state index contributed by atoms with van der Waals surface area (Å²) in [5.41, 5.74) is 0. The molecule has 0 aliphatic carbocycles. The maximum Gasteiger partial charge on any atom is 0.308 e. The predicted octanol–water partition coefficient (Wildman–Crippen LogP) is 1.04. The second-order valence-electron chi connectivity index (χ2n) is 5.99. The van der Waals surface area contributed by atoms with Crippen LogP contribution in [0.4, 0.5) is 0 Å². The van der Waals surface area contributed by atoms with Crippen molar-refractivity contribution in [3.05, 3.63) is 0 Å². The van der Waals surface area contributed by atoms with Crippen molar-refractivity contribution in [3.63, 3.8) is 0 Å². The van der Waals surface area contributed by atoms with E-state index in [1.165, 1.54) is 12.8 Å². The topological polar surface area (TPSA) is 60.9 Å². The minimum Gasteiger partial charge on any atom is -0.481 e. The standard InChI is InChI=1S/C14H24N2O3/c1-11(8-15-6-2-3-7-15)9-16-10-12(14(18)19)4-5-13(16)17/h11-12H,2-10H2,1H3,(H,18,19). The Morgan fingerprint density at radius 1 is 1.37 bits per heavy atom. The van der Waals surface area contributed by atoms with E-state index in [1.54, 1.807) is 4.90 Å². The molecule has 0 spiro atoms. The van der Waals surface area contributed by atoms with Crippen LogP contribution in [0.2, 0.25) is 0 Å². The van der Waals surface area contributed by atoms with Crippen molar-refractivity contribution < 1.29 is 14.7 Å². The number of carboxylic acid groups (broad SMARTS) is 1. The van der Waals surface area contributed by atoms with Gasteiger partial charge in [-0.1, -0.05) is 6.92 Å². The summed E-state index contributed by atoms with van der Waals surface area (Å²) in [4.78, 5) is 27.1. The maximum atomic E-state index is 11.9. The Balaban J connectivity index is 1.81. The number of carbonyl (C=O) groups excluding carboxylic acids is 1. The molecule has 2 rings (SSSR count). The highest BCUT2D eigenvalue weighted by Crippen LogP contribution is 2.19. The van der Waals surface area contributed by atoms with E-state index in [1.807, 2.05) is 0 Å². The highest BCUT2D eigenvalue weighted by Gasteiger charge is 2.30. The van der Waals surface area contributed by atoms with Gasteiger partial charge in [-0.25, -0.2) is 0 Å². The molecular weight excluding hydrogens is 244 g/mol. The summed E-state index contributed by atoms with van der Waals surface area (Å²) in [6.07, 6.45) is 3.42. The van der Waals surface area contributed by atoms with E-state index in [9.17, 15) is 9.59 Å². The van der Waals surface area contributed by atoms with Gasteiger partial charge < -0.3 is 14.9 Å². The van der Waals surface area contributed by atoms with Crippen LogP contribution in [0.25, 0.3) is 0 Å². The van der Waals surface area contributed by atoms with Crippen LogP contribution in [-0.4, -0.2) is 59.5 Å². The van der Waals surface area contributed by atoms with Crippen LogP contribution >= 0.6 is 0 Å². The van der Waals surface area contributed by atoms with Gasteiger partial charge in [-0.3, -0.25) is 9.59 Å². The van der Waals surface area contributed by atoms with Crippen molar-refractivity contribution >= 4 is 11.9 Å². The van der Waals surface area contributed by atoms with E-state index in [2.05, 4.69) is 11.8 Å². The summed E-state index contributed by atoms with van der Waals surface area (Å²) >= 11 is 0. The molecule has 1 N–H and O–H groups in total. The number of rotatable bonds is 5. The van der Waals surface area contributed by atoms with Crippen molar-refractivity contribution in [2.24, 2.45) is 11.8 Å². The van der Waals surface area contributed by atoms with Crippen LogP contribution in [0.15, 0.2) is 0 Å². The average molecular weight is 268 g/mol. The fraction of sp³-hybridized carbons (Fsp3) is 0.857. The molecule has 108 valence electrons. The Bertz CT molecular complexity index is 340. The fourth-order valence-corrected chi connectivity index (χ4v) is 3.13. The van der Waals surface area contributed by atoms with Gasteiger partial charge in [0.25, 0.3) is 0 Å². The summed E-state index contributed by atoms with van der Waals surface area (Å²) in [7, 11) is 0. The van der Waals surface area contributed by atoms with Crippen molar-refractivity contribution in [2.45, 2.75) is 32.6 Å². The smallest absolute Gasteiger partial charge is 0.308 e. The first-order chi connectivity index (χ1) is 9.06. The molecule has 2 heterocycles. The molecule has 5 heteroatoms. The molecule has 5 nitrogen and oxygen atoms in total. The third kappa shape index (κ3) is 3.93. The third-order valence-corrected chi connectivity index (χ3v) is 4.15. The van der Waals surface area contributed by atoms with E-state index in [4.69, 9.17) is 5.11 Å². The molecule has 2 aliphatic heterocycles. The molecule has 2 saturated heterocycles. The zero-order valence-corrected chi connectivity index (χ0v) is 11.7. The van der Waals surface area contributed by atoms with Crippen LogP contribution in [0, 0.1) is 11.8 Å². The number of hydrogen-bond acceptors (Lipinski definition) is 3. The highest BCUT2D eigenvalue weighted by atomic mass is 16.4. The molecule has 0 saturated carbocycles. The van der Waals surface area contributed by atoms with E-state index in [0.29, 0.717) is 31.8 Å². The van der Waals surface area contributed by atoms with Gasteiger partial charge >= 0.3 is 5.97 Å². The number of amides is 1. The predicted molar refractivity (Wildman–Crippen MR) is 71.8 cm³/mol. The van der Waals surface area contributed by atoms with Crippen molar-refractivity contribution in [2.75, 3.05) is 32.7 Å². The highest BCUT2D eigenvalue weighted by molar-refractivity contribution is 5.80. The lowest BCUT2D eigenvalue weighted by atomic mass is 9.96. The number of likely N-dealkylation sites (tertiary alicyclic amines) is 2. The van der Waals surface area contributed by atoms with Gasteiger partial charge in [-0.05, 0) is 38.3 Å². The quantitative estimate of drug-likeness (QED) is 0.809. The minimum absolute atomic E-state index is 0.116. The summed E-state index contributed by atoms with van der Waals surface area (Å²) in [6, 6.07) is 0. The maximum absolute atomic E-state index is 11.9. The fourth-order valence-electron chi connectivity index (χ4n) is 3.13. The lowest BCUT2D eigenvalue weighted by molar-refractivity contribution is -0.147. The molecule has 0 bridgehead atoms. The summed E-state index contributed by atoms with van der Waals surface area (Å²) in [5, 5.41) is 9.06. The largest absolute Gasteiger partial charge is 0.481 e. The molecule has 1 amide bonds. The van der Waals surface area contributed by atoms with Crippen molar-refractivity contribution in [3.8, 4) is 0 Å². The van der Waals surface area contributed by atoms with Crippen molar-refractivity contribution in [1.82, 2.24) is 9.80 Å². The SMILES string of the molecule is CC(CN1CCCC1)CN1CC(C(=O)O)CCC1=O. The third-order valence-electron chi connectivity index (χ3n) is 4.15. The van der Waals surface area contributed by atoms with Crippen LogP contribution < -0.4 is 0 Å². The Morgan fingerprint density at radius 3 is 2.68 bits per heavy atom. The summed E-state index contributed by atoms with van der Waals surface area (Å²) in [5.74, 6) is -0.623. The van der Waals surface area contributed by atoms with Gasteiger partial charge in [-0.15, -0.1) is 0 Å². The first kappa shape index (κ1) is 14.3. The lowest BCUT2D eigenvalue weighted by Crippen LogP contribution is -2.45. The first-order valence-electron chi connectivity index (χ1n) is 7.29. The molecule has 0 aromatic carbocycles. The van der Waals surface area contributed by atoms with E-state index < -0.39 is 5.97 Å². The van der Waals surface area contributed by atoms with Crippen LogP contribution in [-0.2, 0) is 9.59 Å². The number of hydrogen-bond donors (Lipinski definition) is 1. The Morgan fingerprint density at radius 2 is 2.05 bits per heavy atom. The molecule has 0 radical (unpaired) electrons. The normalized spacial score (nSPS) is 26.7. The second kappa shape index (κ2) is 6.37. The van der Waals surface area contributed by atoms with Gasteiger partial charge in [0.15, 0.2) is 0 Å². The van der Waals surface area contributed by atoms with Crippen LogP contribution in [0.3, 0.4) is 0 Å². The van der Waals surface area contributed by atoms with Gasteiger partial charge in [0.2, 0.25) is 5.91 Å². The number of piperidine rings is 1. The summed E-state index contributed by atoms with van der Waals surface area (Å²) < 4.78 is 0. The zero-order valence-electron chi connectivity index (χ0n) is 11.7. The van der Waals surface area contributed by atoms with Crippen LogP contribution in [0.5, 0.6) is 0 Å². The molecule has 0 aromatic rings. The van der Waals surface area contributed by atoms with E-state index >= 15 is 0 Å². The number of carbonyl (C=O) groups is 2. The molecule has 2 fully saturated rings. The Labute approximate surface area is 114 Å². The number of carboxylic acids is 1. The second-order valence-corrected chi connectivity index (χ2v) is 5.99. The van der Waals surface area contributed by atoms with Gasteiger partial charge in [0.1, 0.15) is 0 Å². The molecule has 2 unspecified atom stereocenters. The molecule has 2 aliphatic rings. The van der Waals surface area contributed by atoms with Gasteiger partial charge in [-0.2, -0.15) is 0 Å². The molecular formula is C14H24N2O3. The molecule has 0 aromatic heterocycles. The van der Waals surface area contributed by atoms with E-state index in [0.717, 1.165) is 19.6 Å². The Hall–Kier alpha value is -1.10. The number of aliphatic carboxylic acids is 1. The van der Waals surface area contributed by atoms with Gasteiger partial charge in [0.05, 0.1) is 5.92 Å².